The number of pyridine rings is 1. The van der Waals surface area contributed by atoms with Gasteiger partial charge < -0.3 is 10.1 Å². The van der Waals surface area contributed by atoms with Crippen molar-refractivity contribution in [3.63, 3.8) is 0 Å². The first-order valence-electron chi connectivity index (χ1n) is 5.62. The lowest BCUT2D eigenvalue weighted by molar-refractivity contribution is -0.385. The van der Waals surface area contributed by atoms with E-state index in [0.717, 1.165) is 6.61 Å². The summed E-state index contributed by atoms with van der Waals surface area (Å²) >= 11 is 3.24. The molecular weight excluding hydrogens is 302 g/mol. The molecule has 0 saturated carbocycles. The predicted octanol–water partition coefficient (Wildman–Crippen LogP) is 2.84. The first-order chi connectivity index (χ1) is 8.50. The lowest BCUT2D eigenvalue weighted by atomic mass is 10.2. The minimum absolute atomic E-state index is 0.0384. The van der Waals surface area contributed by atoms with Gasteiger partial charge in [-0.15, -0.1) is 0 Å². The predicted molar refractivity (Wildman–Crippen MR) is 72.7 cm³/mol. The molecule has 1 aromatic heterocycles. The van der Waals surface area contributed by atoms with Crippen molar-refractivity contribution >= 4 is 27.4 Å². The van der Waals surface area contributed by atoms with E-state index in [2.05, 4.69) is 40.1 Å². The van der Waals surface area contributed by atoms with Crippen LogP contribution in [0.2, 0.25) is 0 Å². The molecule has 0 amide bonds. The largest absolute Gasteiger partial charge is 0.379 e. The fourth-order valence-corrected chi connectivity index (χ4v) is 1.70. The zero-order chi connectivity index (χ0) is 13.5. The quantitative estimate of drug-likeness (QED) is 0.475. The minimum Gasteiger partial charge on any atom is -0.379 e. The third-order valence-corrected chi connectivity index (χ3v) is 2.63. The number of nitrogens with zero attached hydrogens (tertiary/aromatic N) is 2. The second-order valence-electron chi connectivity index (χ2n) is 4.18. The van der Waals surface area contributed by atoms with E-state index in [1.54, 1.807) is 0 Å². The number of rotatable bonds is 7. The molecule has 1 heterocycles. The van der Waals surface area contributed by atoms with Gasteiger partial charge in [0.15, 0.2) is 0 Å². The Kier molecular flexibility index (Phi) is 6.00. The molecule has 100 valence electrons. The topological polar surface area (TPSA) is 77.3 Å². The molecule has 0 aromatic carbocycles. The summed E-state index contributed by atoms with van der Waals surface area (Å²) in [5.74, 6) is 1.09. The van der Waals surface area contributed by atoms with Gasteiger partial charge in [0.25, 0.3) is 5.69 Å². The van der Waals surface area contributed by atoms with Crippen LogP contribution in [0.1, 0.15) is 13.8 Å². The van der Waals surface area contributed by atoms with Crippen LogP contribution in [-0.4, -0.2) is 29.7 Å². The van der Waals surface area contributed by atoms with E-state index in [-0.39, 0.29) is 5.69 Å². The van der Waals surface area contributed by atoms with Gasteiger partial charge in [0, 0.05) is 19.2 Å². The average Bonchev–Trinajstić information content (AvgIpc) is 2.29. The Morgan fingerprint density at radius 3 is 2.89 bits per heavy atom. The molecular formula is C11H16BrN3O3. The van der Waals surface area contributed by atoms with Crippen molar-refractivity contribution < 1.29 is 9.66 Å². The van der Waals surface area contributed by atoms with E-state index in [0.29, 0.717) is 29.4 Å². The van der Waals surface area contributed by atoms with Crippen LogP contribution < -0.4 is 5.32 Å². The third-order valence-electron chi connectivity index (χ3n) is 2.03. The zero-order valence-corrected chi connectivity index (χ0v) is 11.9. The lowest BCUT2D eigenvalue weighted by Crippen LogP contribution is -2.13. The van der Waals surface area contributed by atoms with Crippen LogP contribution in [0.25, 0.3) is 0 Å². The highest BCUT2D eigenvalue weighted by molar-refractivity contribution is 9.10. The Bertz CT molecular complexity index is 413. The van der Waals surface area contributed by atoms with E-state index in [1.165, 1.54) is 12.3 Å². The summed E-state index contributed by atoms with van der Waals surface area (Å²) in [6.45, 7) is 6.07. The van der Waals surface area contributed by atoms with E-state index in [1.807, 2.05) is 0 Å². The first kappa shape index (κ1) is 14.8. The molecule has 1 aromatic rings. The van der Waals surface area contributed by atoms with Gasteiger partial charge in [0.1, 0.15) is 12.0 Å². The highest BCUT2D eigenvalue weighted by Crippen LogP contribution is 2.24. The van der Waals surface area contributed by atoms with Gasteiger partial charge in [-0.3, -0.25) is 10.1 Å². The maximum atomic E-state index is 10.5. The van der Waals surface area contributed by atoms with E-state index < -0.39 is 4.92 Å². The van der Waals surface area contributed by atoms with Crippen molar-refractivity contribution in [1.29, 1.82) is 0 Å². The van der Waals surface area contributed by atoms with E-state index >= 15 is 0 Å². The molecule has 0 saturated heterocycles. The highest BCUT2D eigenvalue weighted by Gasteiger charge is 2.09. The van der Waals surface area contributed by atoms with Crippen LogP contribution >= 0.6 is 15.9 Å². The number of hydrogen-bond acceptors (Lipinski definition) is 5. The average molecular weight is 318 g/mol. The molecule has 7 heteroatoms. The second kappa shape index (κ2) is 7.27. The van der Waals surface area contributed by atoms with Gasteiger partial charge in [-0.1, -0.05) is 13.8 Å². The Morgan fingerprint density at radius 2 is 2.33 bits per heavy atom. The second-order valence-corrected chi connectivity index (χ2v) is 5.03. The summed E-state index contributed by atoms with van der Waals surface area (Å²) in [7, 11) is 0. The Labute approximate surface area is 114 Å². The minimum atomic E-state index is -0.479. The van der Waals surface area contributed by atoms with Crippen LogP contribution in [0.3, 0.4) is 0 Å². The maximum Gasteiger partial charge on any atom is 0.288 e. The summed E-state index contributed by atoms with van der Waals surface area (Å²) in [5.41, 5.74) is -0.0384. The summed E-state index contributed by atoms with van der Waals surface area (Å²) in [6.07, 6.45) is 1.22. The summed E-state index contributed by atoms with van der Waals surface area (Å²) in [6, 6.07) is 1.42. The van der Waals surface area contributed by atoms with Crippen LogP contribution in [0.4, 0.5) is 11.5 Å². The van der Waals surface area contributed by atoms with Crippen LogP contribution in [0.5, 0.6) is 0 Å². The van der Waals surface area contributed by atoms with Crippen molar-refractivity contribution in [3.05, 3.63) is 26.9 Å². The van der Waals surface area contributed by atoms with Gasteiger partial charge in [-0.25, -0.2) is 4.98 Å². The van der Waals surface area contributed by atoms with Gasteiger partial charge in [0.05, 0.1) is 16.0 Å². The van der Waals surface area contributed by atoms with Crippen molar-refractivity contribution in [2.45, 2.75) is 13.8 Å². The van der Waals surface area contributed by atoms with E-state index in [9.17, 15) is 10.1 Å². The van der Waals surface area contributed by atoms with Gasteiger partial charge in [-0.05, 0) is 21.8 Å². The summed E-state index contributed by atoms with van der Waals surface area (Å²) in [4.78, 5) is 14.0. The monoisotopic (exact) mass is 317 g/mol. The maximum absolute atomic E-state index is 10.5. The Balaban J connectivity index is 2.41. The third kappa shape index (κ3) is 4.97. The Hall–Kier alpha value is -1.21. The lowest BCUT2D eigenvalue weighted by Gasteiger charge is -2.09. The molecule has 0 spiro atoms. The molecule has 0 aliphatic carbocycles. The molecule has 6 nitrogen and oxygen atoms in total. The standard InChI is InChI=1S/C11H16BrN3O3/c1-8(2)7-18-4-3-13-11-10(12)5-9(6-14-11)15(16)17/h5-6,8H,3-4,7H2,1-2H3,(H,13,14). The SMILES string of the molecule is CC(C)COCCNc1ncc([N+](=O)[O-])cc1Br. The smallest absolute Gasteiger partial charge is 0.288 e. The fraction of sp³-hybridized carbons (Fsp3) is 0.545. The molecule has 0 bridgehead atoms. The molecule has 1 rings (SSSR count). The number of anilines is 1. The van der Waals surface area contributed by atoms with Crippen LogP contribution in [0, 0.1) is 16.0 Å². The van der Waals surface area contributed by atoms with Crippen LogP contribution in [-0.2, 0) is 4.74 Å². The number of hydrogen-bond donors (Lipinski definition) is 1. The van der Waals surface area contributed by atoms with Gasteiger partial charge in [0.2, 0.25) is 0 Å². The molecule has 0 atom stereocenters. The molecule has 0 aliphatic rings. The van der Waals surface area contributed by atoms with Crippen LogP contribution in [0.15, 0.2) is 16.7 Å². The van der Waals surface area contributed by atoms with Gasteiger partial charge >= 0.3 is 0 Å². The number of ether oxygens (including phenoxy) is 1. The first-order valence-corrected chi connectivity index (χ1v) is 6.41. The fourth-order valence-electron chi connectivity index (χ4n) is 1.22. The number of nitrogens with one attached hydrogen (secondary N) is 1. The molecule has 1 N–H and O–H groups in total. The molecule has 18 heavy (non-hydrogen) atoms. The summed E-state index contributed by atoms with van der Waals surface area (Å²) in [5, 5.41) is 13.6. The number of halogens is 1. The molecule has 0 radical (unpaired) electrons. The molecule has 0 unspecified atom stereocenters. The number of nitro groups is 1. The van der Waals surface area contributed by atoms with Crippen molar-refractivity contribution in [2.75, 3.05) is 25.1 Å². The number of aromatic nitrogens is 1. The van der Waals surface area contributed by atoms with Gasteiger partial charge in [-0.2, -0.15) is 0 Å². The molecule has 0 aliphatic heterocycles. The van der Waals surface area contributed by atoms with Crippen molar-refractivity contribution in [1.82, 2.24) is 4.98 Å². The normalized spacial score (nSPS) is 10.7. The summed E-state index contributed by atoms with van der Waals surface area (Å²) < 4.78 is 5.97. The van der Waals surface area contributed by atoms with E-state index in [4.69, 9.17) is 4.74 Å². The van der Waals surface area contributed by atoms with Crippen molar-refractivity contribution in [3.8, 4) is 0 Å². The zero-order valence-electron chi connectivity index (χ0n) is 10.4. The Morgan fingerprint density at radius 1 is 1.61 bits per heavy atom. The highest BCUT2D eigenvalue weighted by atomic mass is 79.9. The molecule has 0 fully saturated rings. The van der Waals surface area contributed by atoms with Crippen molar-refractivity contribution in [2.24, 2.45) is 5.92 Å².